The van der Waals surface area contributed by atoms with Crippen molar-refractivity contribution < 1.29 is 39.2 Å². The van der Waals surface area contributed by atoms with Gasteiger partial charge in [-0.05, 0) is 43.2 Å². The third kappa shape index (κ3) is 6.95. The van der Waals surface area contributed by atoms with Gasteiger partial charge in [0, 0.05) is 59.8 Å². The van der Waals surface area contributed by atoms with E-state index in [0.29, 0.717) is 5.88 Å². The summed E-state index contributed by atoms with van der Waals surface area (Å²) in [6.07, 6.45) is 12.1. The first-order valence-electron chi connectivity index (χ1n) is 17.0. The normalized spacial score (nSPS) is 17.0. The zero-order valence-electron chi connectivity index (χ0n) is 29.7. The monoisotopic (exact) mass is 826 g/mol. The van der Waals surface area contributed by atoms with Gasteiger partial charge in [-0.2, -0.15) is 0 Å². The van der Waals surface area contributed by atoms with Crippen molar-refractivity contribution in [2.45, 2.75) is 105 Å². The Labute approximate surface area is 299 Å². The van der Waals surface area contributed by atoms with Crippen LogP contribution < -0.4 is 4.74 Å². The number of benzene rings is 2. The summed E-state index contributed by atoms with van der Waals surface area (Å²) in [6, 6.07) is 16.3. The smallest absolute Gasteiger partial charge is 0.213 e. The fraction of sp³-hybridized carbons (Fsp3) is 0.439. The fourth-order valence-electron chi connectivity index (χ4n) is 6.34. The van der Waals surface area contributed by atoms with Crippen LogP contribution in [0.4, 0.5) is 0 Å². The number of ether oxygens (including phenoxy) is 1. The number of aliphatic hydroxyl groups excluding tert-OH is 1. The number of hydrogen-bond donors (Lipinski definition) is 1. The molecule has 6 rings (SSSR count). The minimum atomic E-state index is -0.337. The van der Waals surface area contributed by atoms with Crippen LogP contribution in [0.2, 0.25) is 0 Å². The standard InChI is InChI=1S/C26H21N2O2.C15H28O2.Ir/c1-26(2,3)20-13-16(12-15-6-4-5-7-17(15)20)23-22-19-8-9-21-18(10-11-29-21)24(19)30-25(22)28-14-27-23;1-7-14(5,8-2)12(16)11-13(17)15(6,9-3)10-4;/h4-11,13-14,19,24H,1-3H3;11,16H,7-10H2,1-6H3;/q-1;;/b;12-11-;. The van der Waals surface area contributed by atoms with E-state index >= 15 is 0 Å². The summed E-state index contributed by atoms with van der Waals surface area (Å²) in [5.41, 5.74) is 4.63. The van der Waals surface area contributed by atoms with Gasteiger partial charge < -0.3 is 14.3 Å². The quantitative estimate of drug-likeness (QED) is 0.108. The number of fused-ring (bicyclic) bond motifs is 6. The summed E-state index contributed by atoms with van der Waals surface area (Å²) >= 11 is 0. The van der Waals surface area contributed by atoms with Crippen molar-refractivity contribution in [1.82, 2.24) is 9.97 Å². The first kappa shape index (κ1) is 37.3. The van der Waals surface area contributed by atoms with E-state index in [2.05, 4.69) is 68.2 Å². The van der Waals surface area contributed by atoms with Crippen molar-refractivity contribution in [2.75, 3.05) is 0 Å². The van der Waals surface area contributed by atoms with E-state index in [-0.39, 0.29) is 59.9 Å². The van der Waals surface area contributed by atoms with Crippen molar-refractivity contribution in [2.24, 2.45) is 10.8 Å². The van der Waals surface area contributed by atoms with Crippen LogP contribution in [-0.2, 0) is 30.3 Å². The van der Waals surface area contributed by atoms with Crippen LogP contribution in [0.15, 0.2) is 71.3 Å². The van der Waals surface area contributed by atoms with Gasteiger partial charge >= 0.3 is 0 Å². The molecule has 1 N–H and O–H groups in total. The summed E-state index contributed by atoms with van der Waals surface area (Å²) in [6.45, 7) is 18.8. The Hall–Kier alpha value is -3.54. The van der Waals surface area contributed by atoms with E-state index < -0.39 is 0 Å². The molecule has 0 saturated heterocycles. The molecule has 1 aliphatic carbocycles. The molecule has 2 aromatic carbocycles. The van der Waals surface area contributed by atoms with Gasteiger partial charge in [-0.25, -0.2) is 4.98 Å². The summed E-state index contributed by atoms with van der Waals surface area (Å²) in [4.78, 5) is 21.3. The van der Waals surface area contributed by atoms with Gasteiger partial charge in [-0.15, -0.1) is 29.1 Å². The number of rotatable bonds is 8. The molecule has 4 aromatic rings. The molecule has 48 heavy (non-hydrogen) atoms. The number of nitrogens with zero attached hydrogens (tertiary/aromatic N) is 2. The number of allylic oxidation sites excluding steroid dienone is 2. The van der Waals surface area contributed by atoms with Gasteiger partial charge in [-0.1, -0.05) is 97.5 Å². The van der Waals surface area contributed by atoms with Crippen molar-refractivity contribution in [3.05, 3.63) is 95.4 Å². The Kier molecular flexibility index (Phi) is 11.3. The average molecular weight is 826 g/mol. The Morgan fingerprint density at radius 1 is 0.958 bits per heavy atom. The summed E-state index contributed by atoms with van der Waals surface area (Å²) < 4.78 is 11.8. The molecular formula is C41H49IrN2O4-. The van der Waals surface area contributed by atoms with E-state index in [1.54, 1.807) is 12.6 Å². The molecule has 3 heterocycles. The molecule has 0 amide bonds. The van der Waals surface area contributed by atoms with Gasteiger partial charge in [0.1, 0.15) is 24.0 Å². The van der Waals surface area contributed by atoms with Gasteiger partial charge in [-0.3, -0.25) is 9.78 Å². The molecule has 1 aliphatic heterocycles. The predicted octanol–water partition coefficient (Wildman–Crippen LogP) is 10.9. The van der Waals surface area contributed by atoms with Crippen molar-refractivity contribution in [3.63, 3.8) is 0 Å². The maximum absolute atomic E-state index is 12.2. The number of carbonyl (C=O) groups is 1. The van der Waals surface area contributed by atoms with Crippen LogP contribution in [0.3, 0.4) is 0 Å². The number of ketones is 1. The molecule has 0 bridgehead atoms. The summed E-state index contributed by atoms with van der Waals surface area (Å²) in [5.74, 6) is 1.84. The minimum Gasteiger partial charge on any atom is -0.512 e. The maximum atomic E-state index is 12.2. The molecule has 2 aliphatic rings. The first-order valence-corrected chi connectivity index (χ1v) is 17.0. The average Bonchev–Trinajstić information content (AvgIpc) is 3.71. The summed E-state index contributed by atoms with van der Waals surface area (Å²) in [7, 11) is 0. The minimum absolute atomic E-state index is 0. The van der Waals surface area contributed by atoms with Crippen LogP contribution in [0.1, 0.15) is 122 Å². The Balaban J connectivity index is 0.000000251. The van der Waals surface area contributed by atoms with Gasteiger partial charge in [0.15, 0.2) is 5.78 Å². The van der Waals surface area contributed by atoms with E-state index in [9.17, 15) is 9.90 Å². The largest absolute Gasteiger partial charge is 0.512 e. The molecule has 0 fully saturated rings. The zero-order valence-corrected chi connectivity index (χ0v) is 32.1. The van der Waals surface area contributed by atoms with Crippen LogP contribution in [0.5, 0.6) is 5.88 Å². The first-order chi connectivity index (χ1) is 22.3. The van der Waals surface area contributed by atoms with Crippen LogP contribution >= 0.6 is 0 Å². The molecule has 2 aromatic heterocycles. The third-order valence-electron chi connectivity index (χ3n) is 10.7. The molecule has 2 unspecified atom stereocenters. The van der Waals surface area contributed by atoms with E-state index in [1.165, 1.54) is 17.0 Å². The Morgan fingerprint density at radius 3 is 2.27 bits per heavy atom. The molecule has 0 saturated carbocycles. The van der Waals surface area contributed by atoms with Gasteiger partial charge in [0.2, 0.25) is 5.88 Å². The molecule has 2 atom stereocenters. The molecular weight excluding hydrogens is 777 g/mol. The predicted molar refractivity (Wildman–Crippen MR) is 189 cm³/mol. The summed E-state index contributed by atoms with van der Waals surface area (Å²) in [5, 5.41) is 12.5. The van der Waals surface area contributed by atoms with Crippen molar-refractivity contribution in [3.8, 4) is 17.1 Å². The zero-order chi connectivity index (χ0) is 34.1. The third-order valence-corrected chi connectivity index (χ3v) is 10.7. The molecule has 7 heteroatoms. The van der Waals surface area contributed by atoms with Crippen LogP contribution in [0.25, 0.3) is 28.1 Å². The number of aliphatic hydroxyl groups is 1. The second kappa shape index (κ2) is 14.5. The molecule has 1 radical (unpaired) electrons. The second-order valence-corrected chi connectivity index (χ2v) is 14.4. The van der Waals surface area contributed by atoms with Gasteiger partial charge in [0.05, 0.1) is 6.26 Å². The van der Waals surface area contributed by atoms with Crippen molar-refractivity contribution in [1.29, 1.82) is 0 Å². The van der Waals surface area contributed by atoms with Crippen LogP contribution in [-0.4, -0.2) is 20.9 Å². The van der Waals surface area contributed by atoms with E-state index in [0.717, 1.165) is 59.2 Å². The molecule has 257 valence electrons. The van der Waals surface area contributed by atoms with Gasteiger partial charge in [0.25, 0.3) is 0 Å². The SMILES string of the molecule is CC(C)(C)c1cc(-c2ncnc3c2C2C=Cc4occc4C2O3)[c-]c2ccccc12.CCC(C)(CC)C(=O)/C=C(\O)C(C)(CC)CC.[Ir]. The Morgan fingerprint density at radius 2 is 1.62 bits per heavy atom. The topological polar surface area (TPSA) is 85.5 Å². The fourth-order valence-corrected chi connectivity index (χ4v) is 6.34. The number of furan rings is 1. The van der Waals surface area contributed by atoms with Crippen molar-refractivity contribution >= 4 is 22.6 Å². The van der Waals surface area contributed by atoms with E-state index in [4.69, 9.17) is 14.1 Å². The van der Waals surface area contributed by atoms with Crippen LogP contribution in [0, 0.1) is 16.9 Å². The molecule has 0 spiro atoms. The number of carbonyl (C=O) groups excluding carboxylic acids is 1. The number of aromatic nitrogens is 2. The second-order valence-electron chi connectivity index (χ2n) is 14.4. The van der Waals surface area contributed by atoms with E-state index in [1.807, 2.05) is 53.7 Å². The Bertz CT molecular complexity index is 1820. The maximum Gasteiger partial charge on any atom is 0.213 e. The molecule has 6 nitrogen and oxygen atoms in total. The number of hydrogen-bond acceptors (Lipinski definition) is 6.